The van der Waals surface area contributed by atoms with E-state index < -0.39 is 0 Å². The number of nitrogens with one attached hydrogen (secondary N) is 2. The van der Waals surface area contributed by atoms with E-state index in [0.717, 1.165) is 37.4 Å². The van der Waals surface area contributed by atoms with Crippen LogP contribution in [0.2, 0.25) is 0 Å². The number of fused-ring (bicyclic) bond motifs is 1. The standard InChI is InChI=1S/C24H24N6O3/c1-33-20-6-2-4-16-15-30(24(32)22(16)20)21-7-3-5-17(27-21)23(31)28-18-14-26-9-8-19(18)29-12-10-25-11-13-29/h2-9,14,25H,10-13,15H2,1H3,(H,28,31). The topological polar surface area (TPSA) is 99.7 Å². The van der Waals surface area contributed by atoms with Crippen molar-refractivity contribution in [3.63, 3.8) is 0 Å². The minimum Gasteiger partial charge on any atom is -0.496 e. The summed E-state index contributed by atoms with van der Waals surface area (Å²) in [5, 5.41) is 6.27. The summed E-state index contributed by atoms with van der Waals surface area (Å²) in [5.74, 6) is 0.397. The minimum atomic E-state index is -0.358. The Morgan fingerprint density at radius 2 is 1.94 bits per heavy atom. The summed E-state index contributed by atoms with van der Waals surface area (Å²) in [4.78, 5) is 38.5. The molecule has 3 aromatic rings. The fraction of sp³-hybridized carbons (Fsp3) is 0.250. The number of rotatable bonds is 5. The van der Waals surface area contributed by atoms with Crippen LogP contribution in [0.1, 0.15) is 26.4 Å². The van der Waals surface area contributed by atoms with Crippen LogP contribution in [0.15, 0.2) is 54.9 Å². The Morgan fingerprint density at radius 1 is 1.12 bits per heavy atom. The highest BCUT2D eigenvalue weighted by molar-refractivity contribution is 6.12. The molecule has 1 saturated heterocycles. The fourth-order valence-electron chi connectivity index (χ4n) is 4.23. The summed E-state index contributed by atoms with van der Waals surface area (Å²) < 4.78 is 5.36. The average Bonchev–Trinajstić information content (AvgIpc) is 3.21. The van der Waals surface area contributed by atoms with E-state index in [-0.39, 0.29) is 17.5 Å². The monoisotopic (exact) mass is 444 g/mol. The Labute approximate surface area is 191 Å². The Morgan fingerprint density at radius 3 is 2.76 bits per heavy atom. The van der Waals surface area contributed by atoms with E-state index in [2.05, 4.69) is 25.5 Å². The van der Waals surface area contributed by atoms with E-state index in [0.29, 0.717) is 29.4 Å². The number of amides is 2. The molecule has 168 valence electrons. The number of pyridine rings is 2. The number of hydrogen-bond acceptors (Lipinski definition) is 7. The SMILES string of the molecule is COc1cccc2c1C(=O)N(c1cccc(C(=O)Nc3cnccc3N3CCNCC3)n1)C2. The summed E-state index contributed by atoms with van der Waals surface area (Å²) in [5.41, 5.74) is 3.18. The molecule has 2 aliphatic heterocycles. The first-order valence-electron chi connectivity index (χ1n) is 10.8. The van der Waals surface area contributed by atoms with Gasteiger partial charge in [0, 0.05) is 32.4 Å². The highest BCUT2D eigenvalue weighted by atomic mass is 16.5. The third-order valence-corrected chi connectivity index (χ3v) is 5.87. The summed E-state index contributed by atoms with van der Waals surface area (Å²) in [6, 6.07) is 12.5. The van der Waals surface area contributed by atoms with Crippen LogP contribution < -0.4 is 25.2 Å². The van der Waals surface area contributed by atoms with Crippen LogP contribution in [-0.2, 0) is 6.54 Å². The Balaban J connectivity index is 1.38. The molecule has 2 N–H and O–H groups in total. The summed E-state index contributed by atoms with van der Waals surface area (Å²) in [6.45, 7) is 3.84. The molecule has 5 rings (SSSR count). The van der Waals surface area contributed by atoms with Gasteiger partial charge < -0.3 is 20.3 Å². The van der Waals surface area contributed by atoms with Gasteiger partial charge in [0.25, 0.3) is 11.8 Å². The van der Waals surface area contributed by atoms with E-state index in [1.807, 2.05) is 18.2 Å². The third-order valence-electron chi connectivity index (χ3n) is 5.87. The zero-order valence-electron chi connectivity index (χ0n) is 18.2. The molecular weight excluding hydrogens is 420 g/mol. The molecule has 4 heterocycles. The molecule has 0 bridgehead atoms. The first-order valence-corrected chi connectivity index (χ1v) is 10.8. The minimum absolute atomic E-state index is 0.194. The van der Waals surface area contributed by atoms with Gasteiger partial charge in [-0.25, -0.2) is 4.98 Å². The average molecular weight is 444 g/mol. The summed E-state index contributed by atoms with van der Waals surface area (Å²) in [7, 11) is 1.54. The second-order valence-electron chi connectivity index (χ2n) is 7.85. The second kappa shape index (κ2) is 8.87. The molecule has 0 atom stereocenters. The van der Waals surface area contributed by atoms with E-state index in [4.69, 9.17) is 4.74 Å². The van der Waals surface area contributed by atoms with Gasteiger partial charge in [0.15, 0.2) is 0 Å². The molecular formula is C24H24N6O3. The largest absolute Gasteiger partial charge is 0.496 e. The first kappa shape index (κ1) is 20.9. The summed E-state index contributed by atoms with van der Waals surface area (Å²) in [6.07, 6.45) is 3.36. The van der Waals surface area contributed by atoms with Crippen LogP contribution in [0, 0.1) is 0 Å². The molecule has 0 unspecified atom stereocenters. The van der Waals surface area contributed by atoms with Gasteiger partial charge in [-0.05, 0) is 29.8 Å². The van der Waals surface area contributed by atoms with Crippen LogP contribution >= 0.6 is 0 Å². The number of anilines is 3. The first-order chi connectivity index (χ1) is 16.2. The molecule has 9 nitrogen and oxygen atoms in total. The highest BCUT2D eigenvalue weighted by Crippen LogP contribution is 2.33. The van der Waals surface area contributed by atoms with Gasteiger partial charge >= 0.3 is 0 Å². The van der Waals surface area contributed by atoms with Gasteiger partial charge in [0.05, 0.1) is 36.8 Å². The van der Waals surface area contributed by atoms with Crippen LogP contribution in [0.5, 0.6) is 5.75 Å². The van der Waals surface area contributed by atoms with Crippen LogP contribution in [0.4, 0.5) is 17.2 Å². The predicted octanol–water partition coefficient (Wildman–Crippen LogP) is 2.31. The maximum Gasteiger partial charge on any atom is 0.274 e. The van der Waals surface area contributed by atoms with Crippen molar-refractivity contribution in [1.82, 2.24) is 15.3 Å². The van der Waals surface area contributed by atoms with Crippen LogP contribution in [0.25, 0.3) is 0 Å². The van der Waals surface area contributed by atoms with Crippen molar-refractivity contribution in [2.24, 2.45) is 0 Å². The highest BCUT2D eigenvalue weighted by Gasteiger charge is 2.32. The maximum absolute atomic E-state index is 13.1. The Hall–Kier alpha value is -3.98. The molecule has 2 amide bonds. The zero-order valence-corrected chi connectivity index (χ0v) is 18.2. The smallest absolute Gasteiger partial charge is 0.274 e. The lowest BCUT2D eigenvalue weighted by Crippen LogP contribution is -2.43. The van der Waals surface area contributed by atoms with Crippen molar-refractivity contribution < 1.29 is 14.3 Å². The molecule has 33 heavy (non-hydrogen) atoms. The van der Waals surface area contributed by atoms with Gasteiger partial charge in [-0.3, -0.25) is 19.5 Å². The van der Waals surface area contributed by atoms with Gasteiger partial charge in [-0.1, -0.05) is 18.2 Å². The van der Waals surface area contributed by atoms with E-state index in [1.54, 1.807) is 48.7 Å². The molecule has 1 aromatic carbocycles. The van der Waals surface area contributed by atoms with Crippen molar-refractivity contribution in [1.29, 1.82) is 0 Å². The number of hydrogen-bond donors (Lipinski definition) is 2. The zero-order chi connectivity index (χ0) is 22.8. The number of aromatic nitrogens is 2. The van der Waals surface area contributed by atoms with Gasteiger partial charge in [-0.15, -0.1) is 0 Å². The van der Waals surface area contributed by atoms with E-state index >= 15 is 0 Å². The number of methoxy groups -OCH3 is 1. The Kier molecular flexibility index (Phi) is 5.62. The lowest BCUT2D eigenvalue weighted by Gasteiger charge is -2.30. The van der Waals surface area contributed by atoms with Crippen LogP contribution in [-0.4, -0.2) is 55.1 Å². The molecule has 1 fully saturated rings. The number of ether oxygens (including phenoxy) is 1. The van der Waals surface area contributed by atoms with Crippen molar-refractivity contribution in [2.45, 2.75) is 6.54 Å². The quantitative estimate of drug-likeness (QED) is 0.623. The number of piperazine rings is 1. The van der Waals surface area contributed by atoms with Crippen LogP contribution in [0.3, 0.4) is 0 Å². The molecule has 2 aliphatic rings. The predicted molar refractivity (Wildman–Crippen MR) is 125 cm³/mol. The number of benzene rings is 1. The van der Waals surface area contributed by atoms with Gasteiger partial charge in [-0.2, -0.15) is 0 Å². The molecule has 0 radical (unpaired) electrons. The van der Waals surface area contributed by atoms with Crippen molar-refractivity contribution >= 4 is 29.0 Å². The molecule has 0 spiro atoms. The van der Waals surface area contributed by atoms with Crippen molar-refractivity contribution in [3.05, 3.63) is 71.7 Å². The van der Waals surface area contributed by atoms with E-state index in [1.165, 1.54) is 0 Å². The van der Waals surface area contributed by atoms with Crippen molar-refractivity contribution in [2.75, 3.05) is 48.4 Å². The fourth-order valence-corrected chi connectivity index (χ4v) is 4.23. The second-order valence-corrected chi connectivity index (χ2v) is 7.85. The molecule has 9 heteroatoms. The maximum atomic E-state index is 13.1. The number of carbonyl (C=O) groups is 2. The molecule has 0 aliphatic carbocycles. The molecule has 0 saturated carbocycles. The van der Waals surface area contributed by atoms with E-state index in [9.17, 15) is 9.59 Å². The number of nitrogens with zero attached hydrogens (tertiary/aromatic N) is 4. The lowest BCUT2D eigenvalue weighted by atomic mass is 10.1. The Bertz CT molecular complexity index is 1210. The summed E-state index contributed by atoms with van der Waals surface area (Å²) >= 11 is 0. The lowest BCUT2D eigenvalue weighted by molar-refractivity contribution is 0.0988. The van der Waals surface area contributed by atoms with Gasteiger partial charge in [0.1, 0.15) is 17.3 Å². The number of carbonyl (C=O) groups excluding carboxylic acids is 2. The molecule has 2 aromatic heterocycles. The van der Waals surface area contributed by atoms with Crippen molar-refractivity contribution in [3.8, 4) is 5.75 Å². The third kappa shape index (κ3) is 3.98. The normalized spacial score (nSPS) is 15.4. The van der Waals surface area contributed by atoms with Gasteiger partial charge in [0.2, 0.25) is 0 Å².